The Kier molecular flexibility index (Phi) is 3.75. The Morgan fingerprint density at radius 2 is 2.32 bits per heavy atom. The molecule has 0 amide bonds. The summed E-state index contributed by atoms with van der Waals surface area (Å²) in [5.74, 6) is 0.782. The molecule has 102 valence electrons. The topological polar surface area (TPSA) is 59.5 Å². The SMILES string of the molecule is NCCC1CCCCN1Cc1cn2cccnc2n1. The first-order chi connectivity index (χ1) is 9.36. The summed E-state index contributed by atoms with van der Waals surface area (Å²) in [5.41, 5.74) is 6.82. The molecule has 2 aromatic heterocycles. The molecule has 0 aromatic carbocycles. The molecule has 0 bridgehead atoms. The maximum Gasteiger partial charge on any atom is 0.233 e. The number of aromatic nitrogens is 3. The van der Waals surface area contributed by atoms with Gasteiger partial charge in [-0.05, 0) is 38.4 Å². The summed E-state index contributed by atoms with van der Waals surface area (Å²) in [4.78, 5) is 11.4. The molecule has 1 aliphatic rings. The molecule has 1 saturated heterocycles. The van der Waals surface area contributed by atoms with E-state index in [4.69, 9.17) is 5.73 Å². The van der Waals surface area contributed by atoms with E-state index in [2.05, 4.69) is 21.1 Å². The minimum atomic E-state index is 0.622. The van der Waals surface area contributed by atoms with Gasteiger partial charge in [0.1, 0.15) is 0 Å². The van der Waals surface area contributed by atoms with Crippen molar-refractivity contribution in [2.75, 3.05) is 13.1 Å². The minimum Gasteiger partial charge on any atom is -0.330 e. The van der Waals surface area contributed by atoms with Gasteiger partial charge in [-0.15, -0.1) is 0 Å². The van der Waals surface area contributed by atoms with E-state index < -0.39 is 0 Å². The van der Waals surface area contributed by atoms with E-state index in [0.717, 1.165) is 37.5 Å². The van der Waals surface area contributed by atoms with Gasteiger partial charge < -0.3 is 5.73 Å². The number of fused-ring (bicyclic) bond motifs is 1. The third-order valence-electron chi connectivity index (χ3n) is 3.90. The quantitative estimate of drug-likeness (QED) is 0.902. The standard InChI is InChI=1S/C14H21N5/c15-6-5-13-4-1-2-8-18(13)10-12-11-19-9-3-7-16-14(19)17-12/h3,7,9,11,13H,1-2,4-6,8,10,15H2. The van der Waals surface area contributed by atoms with Gasteiger partial charge in [-0.3, -0.25) is 9.30 Å². The Labute approximate surface area is 113 Å². The highest BCUT2D eigenvalue weighted by Crippen LogP contribution is 2.21. The third-order valence-corrected chi connectivity index (χ3v) is 3.90. The molecule has 1 unspecified atom stereocenters. The van der Waals surface area contributed by atoms with E-state index in [1.54, 1.807) is 6.20 Å². The predicted molar refractivity (Wildman–Crippen MR) is 74.7 cm³/mol. The van der Waals surface area contributed by atoms with Gasteiger partial charge in [0.05, 0.1) is 5.69 Å². The highest BCUT2D eigenvalue weighted by atomic mass is 15.2. The highest BCUT2D eigenvalue weighted by Gasteiger charge is 2.22. The number of hydrogen-bond acceptors (Lipinski definition) is 4. The molecule has 0 aliphatic carbocycles. The zero-order valence-corrected chi connectivity index (χ0v) is 11.2. The first-order valence-electron chi connectivity index (χ1n) is 7.09. The normalized spacial score (nSPS) is 21.0. The molecule has 2 aromatic rings. The van der Waals surface area contributed by atoms with Gasteiger partial charge in [-0.2, -0.15) is 0 Å². The molecule has 5 heteroatoms. The molecular formula is C14H21N5. The summed E-state index contributed by atoms with van der Waals surface area (Å²) in [6.07, 6.45) is 10.8. The predicted octanol–water partition coefficient (Wildman–Crippen LogP) is 1.43. The van der Waals surface area contributed by atoms with Gasteiger partial charge in [0.25, 0.3) is 0 Å². The molecule has 0 radical (unpaired) electrons. The van der Waals surface area contributed by atoms with Gasteiger partial charge >= 0.3 is 0 Å². The van der Waals surface area contributed by atoms with E-state index in [9.17, 15) is 0 Å². The molecule has 1 atom stereocenters. The largest absolute Gasteiger partial charge is 0.330 e. The van der Waals surface area contributed by atoms with Gasteiger partial charge in [0.2, 0.25) is 5.78 Å². The van der Waals surface area contributed by atoms with Crippen LogP contribution in [0.5, 0.6) is 0 Å². The first-order valence-corrected chi connectivity index (χ1v) is 7.09. The number of likely N-dealkylation sites (tertiary alicyclic amines) is 1. The van der Waals surface area contributed by atoms with Crippen LogP contribution in [0.3, 0.4) is 0 Å². The molecular weight excluding hydrogens is 238 g/mol. The molecule has 3 rings (SSSR count). The smallest absolute Gasteiger partial charge is 0.233 e. The van der Waals surface area contributed by atoms with Crippen molar-refractivity contribution >= 4 is 5.78 Å². The second-order valence-electron chi connectivity index (χ2n) is 5.26. The van der Waals surface area contributed by atoms with Crippen LogP contribution in [-0.4, -0.2) is 38.4 Å². The van der Waals surface area contributed by atoms with E-state index in [0.29, 0.717) is 6.04 Å². The van der Waals surface area contributed by atoms with Crippen LogP contribution in [0.4, 0.5) is 0 Å². The lowest BCUT2D eigenvalue weighted by Crippen LogP contribution is -2.40. The lowest BCUT2D eigenvalue weighted by Gasteiger charge is -2.35. The minimum absolute atomic E-state index is 0.622. The van der Waals surface area contributed by atoms with Crippen LogP contribution in [0.1, 0.15) is 31.4 Å². The first kappa shape index (κ1) is 12.6. The van der Waals surface area contributed by atoms with Crippen LogP contribution in [0.15, 0.2) is 24.7 Å². The summed E-state index contributed by atoms with van der Waals surface area (Å²) in [5, 5.41) is 0. The van der Waals surface area contributed by atoms with Crippen molar-refractivity contribution in [3.8, 4) is 0 Å². The third kappa shape index (κ3) is 2.77. The summed E-state index contributed by atoms with van der Waals surface area (Å²) in [6, 6.07) is 2.55. The van der Waals surface area contributed by atoms with E-state index in [1.807, 2.05) is 16.7 Å². The highest BCUT2D eigenvalue weighted by molar-refractivity contribution is 5.29. The summed E-state index contributed by atoms with van der Waals surface area (Å²) < 4.78 is 1.98. The Morgan fingerprint density at radius 3 is 3.16 bits per heavy atom. The zero-order valence-electron chi connectivity index (χ0n) is 11.2. The molecule has 19 heavy (non-hydrogen) atoms. The number of hydrogen-bond donors (Lipinski definition) is 1. The Morgan fingerprint density at radius 1 is 1.37 bits per heavy atom. The van der Waals surface area contributed by atoms with Crippen molar-refractivity contribution < 1.29 is 0 Å². The number of nitrogens with two attached hydrogens (primary N) is 1. The van der Waals surface area contributed by atoms with Gasteiger partial charge in [0.15, 0.2) is 0 Å². The van der Waals surface area contributed by atoms with Crippen molar-refractivity contribution in [3.05, 3.63) is 30.4 Å². The van der Waals surface area contributed by atoms with Gasteiger partial charge in [-0.25, -0.2) is 9.97 Å². The summed E-state index contributed by atoms with van der Waals surface area (Å²) >= 11 is 0. The van der Waals surface area contributed by atoms with Crippen molar-refractivity contribution in [3.63, 3.8) is 0 Å². The van der Waals surface area contributed by atoms with Crippen LogP contribution in [-0.2, 0) is 6.54 Å². The van der Waals surface area contributed by atoms with Crippen LogP contribution in [0.2, 0.25) is 0 Å². The second kappa shape index (κ2) is 5.67. The lowest BCUT2D eigenvalue weighted by molar-refractivity contribution is 0.132. The fraction of sp³-hybridized carbons (Fsp3) is 0.571. The van der Waals surface area contributed by atoms with Crippen molar-refractivity contribution in [2.24, 2.45) is 5.73 Å². The Hall–Kier alpha value is -1.46. The monoisotopic (exact) mass is 259 g/mol. The number of rotatable bonds is 4. The molecule has 3 heterocycles. The van der Waals surface area contributed by atoms with Gasteiger partial charge in [-0.1, -0.05) is 6.42 Å². The summed E-state index contributed by atoms with van der Waals surface area (Å²) in [6.45, 7) is 2.84. The van der Waals surface area contributed by atoms with Crippen LogP contribution >= 0.6 is 0 Å². The fourth-order valence-electron chi connectivity index (χ4n) is 2.95. The summed E-state index contributed by atoms with van der Waals surface area (Å²) in [7, 11) is 0. The number of piperidine rings is 1. The van der Waals surface area contributed by atoms with Gasteiger partial charge in [0, 0.05) is 31.2 Å². The molecule has 0 saturated carbocycles. The fourth-order valence-corrected chi connectivity index (χ4v) is 2.95. The molecule has 5 nitrogen and oxygen atoms in total. The molecule has 1 fully saturated rings. The van der Waals surface area contributed by atoms with Crippen LogP contribution < -0.4 is 5.73 Å². The second-order valence-corrected chi connectivity index (χ2v) is 5.26. The van der Waals surface area contributed by atoms with E-state index in [-0.39, 0.29) is 0 Å². The van der Waals surface area contributed by atoms with Crippen molar-refractivity contribution in [1.82, 2.24) is 19.3 Å². The van der Waals surface area contributed by atoms with Crippen molar-refractivity contribution in [2.45, 2.75) is 38.3 Å². The Bertz CT molecular complexity index is 500. The maximum absolute atomic E-state index is 5.72. The lowest BCUT2D eigenvalue weighted by atomic mass is 9.99. The van der Waals surface area contributed by atoms with Crippen molar-refractivity contribution in [1.29, 1.82) is 0 Å². The molecule has 1 aliphatic heterocycles. The zero-order chi connectivity index (χ0) is 13.1. The average Bonchev–Trinajstić information content (AvgIpc) is 2.83. The Balaban J connectivity index is 1.75. The number of nitrogens with zero attached hydrogens (tertiary/aromatic N) is 4. The van der Waals surface area contributed by atoms with E-state index >= 15 is 0 Å². The maximum atomic E-state index is 5.72. The van der Waals surface area contributed by atoms with E-state index in [1.165, 1.54) is 19.3 Å². The molecule has 2 N–H and O–H groups in total. The van der Waals surface area contributed by atoms with Crippen LogP contribution in [0, 0.1) is 0 Å². The average molecular weight is 259 g/mol. The van der Waals surface area contributed by atoms with Crippen LogP contribution in [0.25, 0.3) is 5.78 Å². The number of imidazole rings is 1. The molecule has 0 spiro atoms.